The van der Waals surface area contributed by atoms with Gasteiger partial charge in [0.25, 0.3) is 0 Å². The van der Waals surface area contributed by atoms with Gasteiger partial charge in [-0.3, -0.25) is 9.69 Å². The van der Waals surface area contributed by atoms with Crippen molar-refractivity contribution < 1.29 is 14.6 Å². The highest BCUT2D eigenvalue weighted by molar-refractivity contribution is 5.76. The van der Waals surface area contributed by atoms with Gasteiger partial charge in [0.1, 0.15) is 0 Å². The van der Waals surface area contributed by atoms with Crippen molar-refractivity contribution in [2.24, 2.45) is 0 Å². The van der Waals surface area contributed by atoms with E-state index < -0.39 is 11.9 Å². The monoisotopic (exact) mass is 263 g/mol. The van der Waals surface area contributed by atoms with Gasteiger partial charge in [0.2, 0.25) is 0 Å². The molecule has 0 bridgehead atoms. The summed E-state index contributed by atoms with van der Waals surface area (Å²) in [6.45, 7) is 2.34. The minimum Gasteiger partial charge on any atom is -0.481 e. The van der Waals surface area contributed by atoms with Crippen LogP contribution in [0.1, 0.15) is 24.3 Å². The van der Waals surface area contributed by atoms with Gasteiger partial charge in [0.05, 0.1) is 12.0 Å². The van der Waals surface area contributed by atoms with E-state index in [2.05, 4.69) is 4.90 Å². The standard InChI is InChI=1S/C15H21NO3/c1-19-13-8-5-9-16(10-13)11-14(15(17)18)12-6-3-2-4-7-12/h2-4,6-7,13-14H,5,8-11H2,1H3,(H,17,18). The molecule has 0 radical (unpaired) electrons. The molecule has 1 N–H and O–H groups in total. The van der Waals surface area contributed by atoms with E-state index in [0.717, 1.165) is 31.5 Å². The van der Waals surface area contributed by atoms with Gasteiger partial charge in [-0.25, -0.2) is 0 Å². The molecule has 0 amide bonds. The predicted molar refractivity (Wildman–Crippen MR) is 73.3 cm³/mol. The lowest BCUT2D eigenvalue weighted by molar-refractivity contribution is -0.139. The van der Waals surface area contributed by atoms with E-state index in [1.54, 1.807) is 7.11 Å². The van der Waals surface area contributed by atoms with Crippen molar-refractivity contribution in [1.29, 1.82) is 0 Å². The van der Waals surface area contributed by atoms with Gasteiger partial charge in [0.15, 0.2) is 0 Å². The zero-order valence-corrected chi connectivity index (χ0v) is 11.3. The first-order chi connectivity index (χ1) is 9.20. The second kappa shape index (κ2) is 6.68. The molecule has 2 atom stereocenters. The normalized spacial score (nSPS) is 22.1. The van der Waals surface area contributed by atoms with Crippen LogP contribution in [0.5, 0.6) is 0 Å². The largest absolute Gasteiger partial charge is 0.481 e. The maximum absolute atomic E-state index is 11.5. The number of likely N-dealkylation sites (tertiary alicyclic amines) is 1. The Hall–Kier alpha value is -1.39. The van der Waals surface area contributed by atoms with Gasteiger partial charge in [-0.15, -0.1) is 0 Å². The first-order valence-corrected chi connectivity index (χ1v) is 6.73. The Balaban J connectivity index is 2.03. The van der Waals surface area contributed by atoms with Crippen molar-refractivity contribution in [3.8, 4) is 0 Å². The average molecular weight is 263 g/mol. The number of benzene rings is 1. The van der Waals surface area contributed by atoms with Crippen LogP contribution in [0.15, 0.2) is 30.3 Å². The highest BCUT2D eigenvalue weighted by Gasteiger charge is 2.26. The van der Waals surface area contributed by atoms with Gasteiger partial charge in [-0.05, 0) is 24.9 Å². The Morgan fingerprint density at radius 3 is 2.84 bits per heavy atom. The molecule has 0 spiro atoms. The lowest BCUT2D eigenvalue weighted by Gasteiger charge is -2.33. The van der Waals surface area contributed by atoms with E-state index >= 15 is 0 Å². The second-order valence-corrected chi connectivity index (χ2v) is 5.06. The van der Waals surface area contributed by atoms with E-state index in [4.69, 9.17) is 4.74 Å². The third kappa shape index (κ3) is 3.78. The van der Waals surface area contributed by atoms with E-state index in [0.29, 0.717) is 6.54 Å². The third-order valence-electron chi connectivity index (χ3n) is 3.74. The highest BCUT2D eigenvalue weighted by Crippen LogP contribution is 2.20. The van der Waals surface area contributed by atoms with Crippen LogP contribution in [-0.2, 0) is 9.53 Å². The minimum absolute atomic E-state index is 0.235. The van der Waals surface area contributed by atoms with Crippen LogP contribution >= 0.6 is 0 Å². The van der Waals surface area contributed by atoms with Crippen molar-refractivity contribution in [1.82, 2.24) is 4.90 Å². The molecule has 0 saturated carbocycles. The molecule has 1 fully saturated rings. The zero-order valence-electron chi connectivity index (χ0n) is 11.3. The zero-order chi connectivity index (χ0) is 13.7. The topological polar surface area (TPSA) is 49.8 Å². The van der Waals surface area contributed by atoms with Crippen molar-refractivity contribution in [3.05, 3.63) is 35.9 Å². The number of rotatable bonds is 5. The number of carbonyl (C=O) groups is 1. The summed E-state index contributed by atoms with van der Waals surface area (Å²) in [5.74, 6) is -1.22. The number of hydrogen-bond acceptors (Lipinski definition) is 3. The molecule has 1 aliphatic heterocycles. The fraction of sp³-hybridized carbons (Fsp3) is 0.533. The summed E-state index contributed by atoms with van der Waals surface area (Å²) >= 11 is 0. The van der Waals surface area contributed by atoms with E-state index in [-0.39, 0.29) is 6.10 Å². The molecule has 0 aliphatic carbocycles. The first kappa shape index (κ1) is 14.0. The Bertz CT molecular complexity index is 407. The number of hydrogen-bond donors (Lipinski definition) is 1. The third-order valence-corrected chi connectivity index (χ3v) is 3.74. The van der Waals surface area contributed by atoms with Crippen LogP contribution in [0.4, 0.5) is 0 Å². The summed E-state index contributed by atoms with van der Waals surface area (Å²) in [7, 11) is 1.72. The van der Waals surface area contributed by atoms with Crippen molar-refractivity contribution in [2.75, 3.05) is 26.7 Å². The van der Waals surface area contributed by atoms with Gasteiger partial charge in [-0.2, -0.15) is 0 Å². The number of ether oxygens (including phenoxy) is 1. The maximum atomic E-state index is 11.5. The smallest absolute Gasteiger partial charge is 0.312 e. The number of methoxy groups -OCH3 is 1. The number of carboxylic acid groups (broad SMARTS) is 1. The highest BCUT2D eigenvalue weighted by atomic mass is 16.5. The van der Waals surface area contributed by atoms with E-state index in [9.17, 15) is 9.90 Å². The van der Waals surface area contributed by atoms with Gasteiger partial charge in [-0.1, -0.05) is 30.3 Å². The predicted octanol–water partition coefficient (Wildman–Crippen LogP) is 1.97. The van der Waals surface area contributed by atoms with Crippen LogP contribution in [-0.4, -0.2) is 48.8 Å². The molecule has 2 rings (SSSR count). The molecule has 104 valence electrons. The molecule has 1 aliphatic rings. The van der Waals surface area contributed by atoms with Gasteiger partial charge in [0, 0.05) is 20.2 Å². The van der Waals surface area contributed by atoms with Crippen molar-refractivity contribution >= 4 is 5.97 Å². The molecule has 1 heterocycles. The SMILES string of the molecule is COC1CCCN(CC(C(=O)O)c2ccccc2)C1. The van der Waals surface area contributed by atoms with Crippen LogP contribution < -0.4 is 0 Å². The molecule has 1 saturated heterocycles. The second-order valence-electron chi connectivity index (χ2n) is 5.06. The van der Waals surface area contributed by atoms with E-state index in [1.807, 2.05) is 30.3 Å². The quantitative estimate of drug-likeness (QED) is 0.882. The molecule has 4 nitrogen and oxygen atoms in total. The van der Waals surface area contributed by atoms with Crippen LogP contribution in [0.25, 0.3) is 0 Å². The van der Waals surface area contributed by atoms with Crippen LogP contribution in [0, 0.1) is 0 Å². The van der Waals surface area contributed by atoms with Crippen LogP contribution in [0.3, 0.4) is 0 Å². The summed E-state index contributed by atoms with van der Waals surface area (Å²) in [6.07, 6.45) is 2.37. The van der Waals surface area contributed by atoms with E-state index in [1.165, 1.54) is 0 Å². The van der Waals surface area contributed by atoms with Gasteiger partial charge < -0.3 is 9.84 Å². The molecule has 4 heteroatoms. The Labute approximate surface area is 114 Å². The molecule has 0 aromatic heterocycles. The van der Waals surface area contributed by atoms with Crippen LogP contribution in [0.2, 0.25) is 0 Å². The summed E-state index contributed by atoms with van der Waals surface area (Å²) in [4.78, 5) is 13.7. The average Bonchev–Trinajstić information content (AvgIpc) is 2.45. The number of aliphatic carboxylic acids is 1. The molecular weight excluding hydrogens is 242 g/mol. The summed E-state index contributed by atoms with van der Waals surface area (Å²) < 4.78 is 5.38. The van der Waals surface area contributed by atoms with Crippen molar-refractivity contribution in [2.45, 2.75) is 24.9 Å². The maximum Gasteiger partial charge on any atom is 0.312 e. The lowest BCUT2D eigenvalue weighted by atomic mass is 9.97. The number of nitrogens with zero attached hydrogens (tertiary/aromatic N) is 1. The fourth-order valence-electron chi connectivity index (χ4n) is 2.64. The summed E-state index contributed by atoms with van der Waals surface area (Å²) in [5.41, 5.74) is 0.870. The summed E-state index contributed by atoms with van der Waals surface area (Å²) in [6, 6.07) is 9.45. The lowest BCUT2D eigenvalue weighted by Crippen LogP contribution is -2.42. The molecule has 1 aromatic rings. The molecule has 19 heavy (non-hydrogen) atoms. The number of piperidine rings is 1. The fourth-order valence-corrected chi connectivity index (χ4v) is 2.64. The Morgan fingerprint density at radius 1 is 1.47 bits per heavy atom. The Morgan fingerprint density at radius 2 is 2.21 bits per heavy atom. The van der Waals surface area contributed by atoms with Gasteiger partial charge >= 0.3 is 5.97 Å². The molecule has 1 aromatic carbocycles. The first-order valence-electron chi connectivity index (χ1n) is 6.73. The number of carboxylic acids is 1. The Kier molecular flexibility index (Phi) is 4.93. The molecule has 2 unspecified atom stereocenters. The summed E-state index contributed by atoms with van der Waals surface area (Å²) in [5, 5.41) is 9.42. The molecular formula is C15H21NO3. The minimum atomic E-state index is -0.759. The van der Waals surface area contributed by atoms with Crippen molar-refractivity contribution in [3.63, 3.8) is 0 Å².